The zero-order valence-electron chi connectivity index (χ0n) is 11.5. The first-order chi connectivity index (χ1) is 10.2. The van der Waals surface area contributed by atoms with Crippen LogP contribution in [0.3, 0.4) is 0 Å². The molecular weight excluding hydrogens is 307 g/mol. The van der Waals surface area contributed by atoms with E-state index in [1.165, 1.54) is 23.1 Å². The van der Waals surface area contributed by atoms with Gasteiger partial charge in [0, 0.05) is 11.4 Å². The van der Waals surface area contributed by atoms with Crippen LogP contribution in [0.25, 0.3) is 0 Å². The molecule has 1 aliphatic heterocycles. The Morgan fingerprint density at radius 2 is 2.29 bits per heavy atom. The molecular formula is C15H15FN2OS2. The third-order valence-electron chi connectivity index (χ3n) is 3.51. The van der Waals surface area contributed by atoms with E-state index in [9.17, 15) is 9.18 Å². The van der Waals surface area contributed by atoms with Crippen molar-refractivity contribution in [2.45, 2.75) is 17.9 Å². The first-order valence-electron chi connectivity index (χ1n) is 6.64. The zero-order valence-corrected chi connectivity index (χ0v) is 13.2. The lowest BCUT2D eigenvalue weighted by molar-refractivity contribution is 0.102. The van der Waals surface area contributed by atoms with Crippen LogP contribution in [0.5, 0.6) is 0 Å². The second-order valence-corrected chi connectivity index (χ2v) is 6.53. The van der Waals surface area contributed by atoms with Crippen molar-refractivity contribution in [2.24, 2.45) is 0 Å². The van der Waals surface area contributed by atoms with Gasteiger partial charge in [0.2, 0.25) is 0 Å². The van der Waals surface area contributed by atoms with E-state index in [-0.39, 0.29) is 17.4 Å². The van der Waals surface area contributed by atoms with Gasteiger partial charge in [0.15, 0.2) is 0 Å². The maximum atomic E-state index is 14.5. The molecule has 0 saturated carbocycles. The van der Waals surface area contributed by atoms with Crippen LogP contribution in [-0.2, 0) is 13.0 Å². The Bertz CT molecular complexity index is 684. The SMILES string of the molecule is CSc1ccsc1C(=O)Nc1ccc2c(c1F)CCNC2. The molecule has 2 heterocycles. The van der Waals surface area contributed by atoms with Crippen molar-refractivity contribution in [2.75, 3.05) is 18.1 Å². The summed E-state index contributed by atoms with van der Waals surface area (Å²) >= 11 is 2.89. The monoisotopic (exact) mass is 322 g/mol. The van der Waals surface area contributed by atoms with Gasteiger partial charge in [-0.15, -0.1) is 23.1 Å². The van der Waals surface area contributed by atoms with Crippen molar-refractivity contribution in [3.63, 3.8) is 0 Å². The molecule has 2 aromatic rings. The van der Waals surface area contributed by atoms with E-state index in [0.717, 1.165) is 17.0 Å². The van der Waals surface area contributed by atoms with Crippen LogP contribution >= 0.6 is 23.1 Å². The highest BCUT2D eigenvalue weighted by Gasteiger charge is 2.19. The molecule has 0 fully saturated rings. The largest absolute Gasteiger partial charge is 0.319 e. The van der Waals surface area contributed by atoms with Gasteiger partial charge in [-0.2, -0.15) is 0 Å². The number of hydrogen-bond acceptors (Lipinski definition) is 4. The maximum Gasteiger partial charge on any atom is 0.266 e. The molecule has 1 amide bonds. The number of carbonyl (C=O) groups excluding carboxylic acids is 1. The summed E-state index contributed by atoms with van der Waals surface area (Å²) in [7, 11) is 0. The molecule has 0 spiro atoms. The molecule has 1 aromatic heterocycles. The van der Waals surface area contributed by atoms with Gasteiger partial charge in [-0.05, 0) is 47.9 Å². The Kier molecular flexibility index (Phi) is 4.28. The Labute approximate surface area is 130 Å². The molecule has 0 unspecified atom stereocenters. The number of hydrogen-bond donors (Lipinski definition) is 2. The van der Waals surface area contributed by atoms with Gasteiger partial charge in [-0.25, -0.2) is 4.39 Å². The van der Waals surface area contributed by atoms with Gasteiger partial charge in [-0.1, -0.05) is 6.07 Å². The van der Waals surface area contributed by atoms with Gasteiger partial charge in [0.05, 0.1) is 5.69 Å². The van der Waals surface area contributed by atoms with Crippen molar-refractivity contribution in [1.82, 2.24) is 5.32 Å². The third-order valence-corrected chi connectivity index (χ3v) is 5.33. The maximum absolute atomic E-state index is 14.5. The van der Waals surface area contributed by atoms with Gasteiger partial charge in [-0.3, -0.25) is 4.79 Å². The number of carbonyl (C=O) groups is 1. The molecule has 0 saturated heterocycles. The second kappa shape index (κ2) is 6.17. The molecule has 0 aliphatic carbocycles. The summed E-state index contributed by atoms with van der Waals surface area (Å²) < 4.78 is 14.5. The first kappa shape index (κ1) is 14.6. The first-order valence-corrected chi connectivity index (χ1v) is 8.75. The average molecular weight is 322 g/mol. The van der Waals surface area contributed by atoms with E-state index in [2.05, 4.69) is 10.6 Å². The fraction of sp³-hybridized carbons (Fsp3) is 0.267. The normalized spacial score (nSPS) is 13.8. The quantitative estimate of drug-likeness (QED) is 0.850. The molecule has 6 heteroatoms. The minimum Gasteiger partial charge on any atom is -0.319 e. The van der Waals surface area contributed by atoms with E-state index in [1.54, 1.807) is 6.07 Å². The lowest BCUT2D eigenvalue weighted by Gasteiger charge is -2.19. The molecule has 1 aromatic carbocycles. The summed E-state index contributed by atoms with van der Waals surface area (Å²) in [6, 6.07) is 5.43. The Hall–Kier alpha value is -1.37. The van der Waals surface area contributed by atoms with Gasteiger partial charge >= 0.3 is 0 Å². The number of anilines is 1. The van der Waals surface area contributed by atoms with Crippen molar-refractivity contribution in [3.8, 4) is 0 Å². The average Bonchev–Trinajstić information content (AvgIpc) is 2.99. The van der Waals surface area contributed by atoms with Gasteiger partial charge in [0.1, 0.15) is 10.7 Å². The number of nitrogens with one attached hydrogen (secondary N) is 2. The summed E-state index contributed by atoms with van der Waals surface area (Å²) in [4.78, 5) is 13.8. The fourth-order valence-corrected chi connectivity index (χ4v) is 4.08. The van der Waals surface area contributed by atoms with Crippen LogP contribution in [0, 0.1) is 5.82 Å². The zero-order chi connectivity index (χ0) is 14.8. The number of halogens is 1. The van der Waals surface area contributed by atoms with Crippen molar-refractivity contribution in [1.29, 1.82) is 0 Å². The van der Waals surface area contributed by atoms with Crippen molar-refractivity contribution in [3.05, 3.63) is 45.4 Å². The Morgan fingerprint density at radius 3 is 3.10 bits per heavy atom. The number of benzene rings is 1. The minimum atomic E-state index is -0.301. The predicted molar refractivity (Wildman–Crippen MR) is 85.9 cm³/mol. The highest BCUT2D eigenvalue weighted by atomic mass is 32.2. The highest BCUT2D eigenvalue weighted by Crippen LogP contribution is 2.28. The van der Waals surface area contributed by atoms with Crippen LogP contribution in [0.4, 0.5) is 10.1 Å². The fourth-order valence-electron chi connectivity index (χ4n) is 2.43. The second-order valence-electron chi connectivity index (χ2n) is 4.76. The lowest BCUT2D eigenvalue weighted by Crippen LogP contribution is -2.25. The number of rotatable bonds is 3. The molecule has 3 rings (SSSR count). The van der Waals surface area contributed by atoms with Gasteiger partial charge in [0.25, 0.3) is 5.91 Å². The van der Waals surface area contributed by atoms with E-state index < -0.39 is 0 Å². The highest BCUT2D eigenvalue weighted by molar-refractivity contribution is 7.98. The molecule has 0 radical (unpaired) electrons. The van der Waals surface area contributed by atoms with Crippen LogP contribution < -0.4 is 10.6 Å². The van der Waals surface area contributed by atoms with E-state index in [4.69, 9.17) is 0 Å². The standard InChI is InChI=1S/C15H15FN2OS2/c1-20-12-5-7-21-14(12)15(19)18-11-3-2-9-8-17-6-4-10(9)13(11)16/h2-3,5,7,17H,4,6,8H2,1H3,(H,18,19). The van der Waals surface area contributed by atoms with Crippen LogP contribution in [0.15, 0.2) is 28.5 Å². The molecule has 0 atom stereocenters. The molecule has 0 bridgehead atoms. The minimum absolute atomic E-state index is 0.248. The number of fused-ring (bicyclic) bond motifs is 1. The molecule has 110 valence electrons. The van der Waals surface area contributed by atoms with Crippen LogP contribution in [0.1, 0.15) is 20.8 Å². The Balaban J connectivity index is 1.87. The van der Waals surface area contributed by atoms with E-state index in [0.29, 0.717) is 23.4 Å². The number of amides is 1. The van der Waals surface area contributed by atoms with Crippen molar-refractivity contribution >= 4 is 34.7 Å². The molecule has 2 N–H and O–H groups in total. The predicted octanol–water partition coefficient (Wildman–Crippen LogP) is 3.51. The lowest BCUT2D eigenvalue weighted by atomic mass is 9.99. The Morgan fingerprint density at radius 1 is 1.43 bits per heavy atom. The van der Waals surface area contributed by atoms with Crippen LogP contribution in [-0.4, -0.2) is 18.7 Å². The topological polar surface area (TPSA) is 41.1 Å². The summed E-state index contributed by atoms with van der Waals surface area (Å²) in [5.74, 6) is -0.549. The summed E-state index contributed by atoms with van der Waals surface area (Å²) in [5.41, 5.74) is 1.95. The smallest absolute Gasteiger partial charge is 0.266 e. The number of thiophene rings is 1. The molecule has 21 heavy (non-hydrogen) atoms. The van der Waals surface area contributed by atoms with E-state index >= 15 is 0 Å². The van der Waals surface area contributed by atoms with Crippen LogP contribution in [0.2, 0.25) is 0 Å². The third kappa shape index (κ3) is 2.84. The molecule has 1 aliphatic rings. The summed E-state index contributed by atoms with van der Waals surface area (Å²) in [6.07, 6.45) is 2.57. The van der Waals surface area contributed by atoms with Crippen molar-refractivity contribution < 1.29 is 9.18 Å². The summed E-state index contributed by atoms with van der Waals surface area (Å²) in [5, 5.41) is 7.78. The number of thioether (sulfide) groups is 1. The van der Waals surface area contributed by atoms with Gasteiger partial charge < -0.3 is 10.6 Å². The van der Waals surface area contributed by atoms with E-state index in [1.807, 2.05) is 23.8 Å². The molecule has 3 nitrogen and oxygen atoms in total. The summed E-state index contributed by atoms with van der Waals surface area (Å²) in [6.45, 7) is 1.45.